The molecule has 0 aliphatic heterocycles. The minimum absolute atomic E-state index is 1.03. The van der Waals surface area contributed by atoms with Crippen molar-refractivity contribution < 1.29 is 0 Å². The molecule has 5 rings (SSSR count). The predicted molar refractivity (Wildman–Crippen MR) is 87.7 cm³/mol. The summed E-state index contributed by atoms with van der Waals surface area (Å²) >= 11 is 0. The Bertz CT molecular complexity index is 1140. The average molecular weight is 268 g/mol. The van der Waals surface area contributed by atoms with Crippen LogP contribution < -0.4 is 0 Å². The summed E-state index contributed by atoms with van der Waals surface area (Å²) in [6, 6.07) is 21.5. The van der Waals surface area contributed by atoms with Gasteiger partial charge in [-0.1, -0.05) is 42.5 Å². The van der Waals surface area contributed by atoms with Gasteiger partial charge in [0.25, 0.3) is 0 Å². The molecule has 0 saturated carbocycles. The van der Waals surface area contributed by atoms with Gasteiger partial charge in [0.2, 0.25) is 0 Å². The fourth-order valence-corrected chi connectivity index (χ4v) is 3.30. The summed E-state index contributed by atoms with van der Waals surface area (Å²) in [6.45, 7) is 0. The van der Waals surface area contributed by atoms with E-state index in [0.717, 1.165) is 5.52 Å². The van der Waals surface area contributed by atoms with Crippen LogP contribution in [-0.4, -0.2) is 9.38 Å². The maximum atomic E-state index is 4.55. The van der Waals surface area contributed by atoms with Crippen molar-refractivity contribution in [1.82, 2.24) is 9.38 Å². The third-order valence-corrected chi connectivity index (χ3v) is 4.21. The number of aromatic nitrogens is 2. The first-order valence-corrected chi connectivity index (χ1v) is 7.08. The Hall–Kier alpha value is -2.87. The van der Waals surface area contributed by atoms with E-state index in [4.69, 9.17) is 0 Å². The van der Waals surface area contributed by atoms with E-state index in [9.17, 15) is 0 Å². The molecule has 0 N–H and O–H groups in total. The van der Waals surface area contributed by atoms with Crippen LogP contribution in [0.3, 0.4) is 0 Å². The molecular formula is C19H12N2. The van der Waals surface area contributed by atoms with Gasteiger partial charge in [0.1, 0.15) is 0 Å². The van der Waals surface area contributed by atoms with E-state index >= 15 is 0 Å². The lowest BCUT2D eigenvalue weighted by molar-refractivity contribution is 1.20. The minimum Gasteiger partial charge on any atom is -0.312 e. The van der Waals surface area contributed by atoms with Crippen LogP contribution in [0.2, 0.25) is 0 Å². The third kappa shape index (κ3) is 1.39. The molecule has 0 unspecified atom stereocenters. The Balaban J connectivity index is 2.32. The molecule has 0 bridgehead atoms. The zero-order valence-corrected chi connectivity index (χ0v) is 11.3. The van der Waals surface area contributed by atoms with Gasteiger partial charge in [-0.05, 0) is 34.4 Å². The lowest BCUT2D eigenvalue weighted by atomic mass is 10.0. The third-order valence-electron chi connectivity index (χ3n) is 4.21. The number of rotatable bonds is 0. The molecule has 0 spiro atoms. The van der Waals surface area contributed by atoms with Gasteiger partial charge in [-0.15, -0.1) is 0 Å². The summed E-state index contributed by atoms with van der Waals surface area (Å²) in [4.78, 5) is 4.55. The highest BCUT2D eigenvalue weighted by atomic mass is 14.9. The topological polar surface area (TPSA) is 17.3 Å². The molecule has 0 aliphatic carbocycles. The van der Waals surface area contributed by atoms with Crippen molar-refractivity contribution in [2.24, 2.45) is 0 Å². The fourth-order valence-electron chi connectivity index (χ4n) is 3.30. The number of hydrogen-bond acceptors (Lipinski definition) is 1. The van der Waals surface area contributed by atoms with E-state index in [2.05, 4.69) is 76.2 Å². The fraction of sp³-hybridized carbons (Fsp3) is 0. The van der Waals surface area contributed by atoms with Gasteiger partial charge in [0.15, 0.2) is 0 Å². The molecule has 0 aliphatic rings. The largest absolute Gasteiger partial charge is 0.312 e. The molecule has 3 aromatic carbocycles. The van der Waals surface area contributed by atoms with Crippen molar-refractivity contribution in [2.75, 3.05) is 0 Å². The van der Waals surface area contributed by atoms with Crippen LogP contribution in [0.5, 0.6) is 0 Å². The molecule has 5 aromatic rings. The molecule has 2 heteroatoms. The monoisotopic (exact) mass is 268 g/mol. The number of fused-ring (bicyclic) bond motifs is 2. The molecule has 0 atom stereocenters. The first kappa shape index (κ1) is 10.9. The highest BCUT2D eigenvalue weighted by Gasteiger charge is 2.08. The highest BCUT2D eigenvalue weighted by molar-refractivity contribution is 6.15. The maximum Gasteiger partial charge on any atom is 0.0877 e. The SMILES string of the molecule is c1cc2ccc3nccn4c5ccccc5cc(c1)c2c34. The van der Waals surface area contributed by atoms with Crippen LogP contribution in [0.4, 0.5) is 0 Å². The standard InChI is InChI=1S/C19H12N2/c1-2-7-17-14(4-1)12-15-6-3-5-13-8-9-16-19(18(13)15)21(17)11-10-20-16/h1-12H. The Morgan fingerprint density at radius 2 is 1.62 bits per heavy atom. The molecule has 0 fully saturated rings. The van der Waals surface area contributed by atoms with Crippen molar-refractivity contribution in [3.63, 3.8) is 0 Å². The summed E-state index contributed by atoms with van der Waals surface area (Å²) < 4.78 is 2.26. The second-order valence-corrected chi connectivity index (χ2v) is 5.38. The van der Waals surface area contributed by atoms with Gasteiger partial charge < -0.3 is 4.40 Å². The second-order valence-electron chi connectivity index (χ2n) is 5.38. The predicted octanol–water partition coefficient (Wildman–Crippen LogP) is 4.79. The molecule has 2 nitrogen and oxygen atoms in total. The second kappa shape index (κ2) is 3.83. The molecule has 2 aromatic heterocycles. The molecule has 0 radical (unpaired) electrons. The van der Waals surface area contributed by atoms with E-state index in [-0.39, 0.29) is 0 Å². The van der Waals surface area contributed by atoms with E-state index in [1.54, 1.807) is 0 Å². The summed E-state index contributed by atoms with van der Waals surface area (Å²) in [6.07, 6.45) is 3.93. The Labute approximate surface area is 121 Å². The van der Waals surface area contributed by atoms with Crippen molar-refractivity contribution in [2.45, 2.75) is 0 Å². The molecule has 98 valence electrons. The van der Waals surface area contributed by atoms with Gasteiger partial charge in [0, 0.05) is 17.8 Å². The van der Waals surface area contributed by atoms with Gasteiger partial charge in [-0.3, -0.25) is 4.98 Å². The Morgan fingerprint density at radius 1 is 0.762 bits per heavy atom. The van der Waals surface area contributed by atoms with Gasteiger partial charge in [0.05, 0.1) is 16.6 Å². The first-order valence-electron chi connectivity index (χ1n) is 7.08. The normalized spacial score (nSPS) is 11.8. The summed E-state index contributed by atoms with van der Waals surface area (Å²) in [5.41, 5.74) is 3.42. The van der Waals surface area contributed by atoms with Crippen LogP contribution in [-0.2, 0) is 0 Å². The molecule has 21 heavy (non-hydrogen) atoms. The highest BCUT2D eigenvalue weighted by Crippen LogP contribution is 2.31. The van der Waals surface area contributed by atoms with Crippen molar-refractivity contribution >= 4 is 38.1 Å². The molecule has 0 saturated heterocycles. The molecule has 2 heterocycles. The van der Waals surface area contributed by atoms with Crippen LogP contribution in [0.25, 0.3) is 38.1 Å². The maximum absolute atomic E-state index is 4.55. The van der Waals surface area contributed by atoms with Crippen molar-refractivity contribution in [3.8, 4) is 0 Å². The number of para-hydroxylation sites is 1. The van der Waals surface area contributed by atoms with Gasteiger partial charge >= 0.3 is 0 Å². The quantitative estimate of drug-likeness (QED) is 0.369. The van der Waals surface area contributed by atoms with Crippen molar-refractivity contribution in [1.29, 1.82) is 0 Å². The minimum atomic E-state index is 1.03. The zero-order valence-electron chi connectivity index (χ0n) is 11.3. The summed E-state index contributed by atoms with van der Waals surface area (Å²) in [7, 11) is 0. The molecule has 0 amide bonds. The Morgan fingerprint density at radius 3 is 2.62 bits per heavy atom. The smallest absolute Gasteiger partial charge is 0.0877 e. The first-order chi connectivity index (χ1) is 10.4. The average Bonchev–Trinajstić information content (AvgIpc) is 2.69. The van der Waals surface area contributed by atoms with Crippen LogP contribution in [0, 0.1) is 0 Å². The zero-order chi connectivity index (χ0) is 13.8. The molecular weight excluding hydrogens is 256 g/mol. The lowest BCUT2D eigenvalue weighted by Crippen LogP contribution is -1.91. The van der Waals surface area contributed by atoms with E-state index in [1.165, 1.54) is 32.6 Å². The van der Waals surface area contributed by atoms with Crippen molar-refractivity contribution in [3.05, 3.63) is 73.1 Å². The van der Waals surface area contributed by atoms with Crippen LogP contribution >= 0.6 is 0 Å². The van der Waals surface area contributed by atoms with E-state index in [0.29, 0.717) is 0 Å². The lowest BCUT2D eigenvalue weighted by Gasteiger charge is -2.07. The number of hydrogen-bond donors (Lipinski definition) is 0. The Kier molecular flexibility index (Phi) is 1.98. The van der Waals surface area contributed by atoms with Crippen LogP contribution in [0.15, 0.2) is 73.1 Å². The van der Waals surface area contributed by atoms with E-state index in [1.807, 2.05) is 6.20 Å². The van der Waals surface area contributed by atoms with Crippen LogP contribution in [0.1, 0.15) is 0 Å². The van der Waals surface area contributed by atoms with Gasteiger partial charge in [-0.2, -0.15) is 0 Å². The summed E-state index contributed by atoms with van der Waals surface area (Å²) in [5, 5.41) is 5.02. The number of benzene rings is 3. The van der Waals surface area contributed by atoms with E-state index < -0.39 is 0 Å². The number of nitrogens with zero attached hydrogens (tertiary/aromatic N) is 2. The van der Waals surface area contributed by atoms with Gasteiger partial charge in [-0.25, -0.2) is 0 Å². The summed E-state index contributed by atoms with van der Waals surface area (Å²) in [5.74, 6) is 0.